The Morgan fingerprint density at radius 3 is 2.83 bits per heavy atom. The summed E-state index contributed by atoms with van der Waals surface area (Å²) in [6.07, 6.45) is 3.76. The number of aromatic nitrogens is 2. The van der Waals surface area contributed by atoms with Gasteiger partial charge in [-0.2, -0.15) is 5.10 Å². The highest BCUT2D eigenvalue weighted by Gasteiger charge is 2.23. The van der Waals surface area contributed by atoms with Crippen molar-refractivity contribution in [1.29, 1.82) is 0 Å². The summed E-state index contributed by atoms with van der Waals surface area (Å²) in [6, 6.07) is 6.25. The van der Waals surface area contributed by atoms with Crippen molar-refractivity contribution >= 4 is 5.97 Å². The fraction of sp³-hybridized carbons (Fsp3) is 0.444. The third kappa shape index (κ3) is 3.64. The Bertz CT molecular complexity index is 710. The lowest BCUT2D eigenvalue weighted by atomic mass is 10.2. The summed E-state index contributed by atoms with van der Waals surface area (Å²) in [7, 11) is 0. The topological polar surface area (TPSA) is 53.4 Å². The number of benzene rings is 1. The molecule has 0 radical (unpaired) electrons. The van der Waals surface area contributed by atoms with Crippen molar-refractivity contribution in [1.82, 2.24) is 9.78 Å². The summed E-state index contributed by atoms with van der Waals surface area (Å²) in [4.78, 5) is 11.7. The van der Waals surface area contributed by atoms with E-state index >= 15 is 0 Å². The average molecular weight is 332 g/mol. The second-order valence-electron chi connectivity index (χ2n) is 5.83. The van der Waals surface area contributed by atoms with Crippen molar-refractivity contribution < 1.29 is 18.7 Å². The summed E-state index contributed by atoms with van der Waals surface area (Å²) >= 11 is 0. The van der Waals surface area contributed by atoms with E-state index in [1.165, 1.54) is 12.1 Å². The molecule has 0 spiro atoms. The maximum atomic E-state index is 13.1. The summed E-state index contributed by atoms with van der Waals surface area (Å²) in [5.74, 6) is -0.657. The van der Waals surface area contributed by atoms with Gasteiger partial charge in [0.25, 0.3) is 0 Å². The first-order valence-corrected chi connectivity index (χ1v) is 8.28. The van der Waals surface area contributed by atoms with Crippen molar-refractivity contribution in [2.24, 2.45) is 0 Å². The van der Waals surface area contributed by atoms with Gasteiger partial charge in [-0.25, -0.2) is 13.9 Å². The summed E-state index contributed by atoms with van der Waals surface area (Å²) in [5, 5.41) is 4.58. The van der Waals surface area contributed by atoms with Crippen LogP contribution in [-0.4, -0.2) is 29.0 Å². The third-order valence-electron chi connectivity index (χ3n) is 4.02. The van der Waals surface area contributed by atoms with Crippen molar-refractivity contribution in [3.8, 4) is 5.69 Å². The lowest BCUT2D eigenvalue weighted by Crippen LogP contribution is -2.13. The van der Waals surface area contributed by atoms with Crippen LogP contribution in [0.25, 0.3) is 5.69 Å². The van der Waals surface area contributed by atoms with E-state index in [9.17, 15) is 9.18 Å². The molecule has 0 aliphatic heterocycles. The van der Waals surface area contributed by atoms with Gasteiger partial charge in [0, 0.05) is 17.9 Å². The summed E-state index contributed by atoms with van der Waals surface area (Å²) in [6.45, 7) is 2.64. The van der Waals surface area contributed by atoms with Gasteiger partial charge in [0.2, 0.25) is 0 Å². The van der Waals surface area contributed by atoms with Crippen LogP contribution in [-0.2, 0) is 33.7 Å². The molecule has 5 nitrogen and oxygen atoms in total. The molecule has 0 bridgehead atoms. The fourth-order valence-electron chi connectivity index (χ4n) is 2.92. The molecule has 1 aromatic heterocycles. The van der Waals surface area contributed by atoms with Gasteiger partial charge < -0.3 is 9.47 Å². The monoisotopic (exact) mass is 332 g/mol. The van der Waals surface area contributed by atoms with Gasteiger partial charge in [0.15, 0.2) is 0 Å². The molecule has 0 saturated heterocycles. The van der Waals surface area contributed by atoms with Crippen molar-refractivity contribution in [3.05, 3.63) is 47.0 Å². The summed E-state index contributed by atoms with van der Waals surface area (Å²) < 4.78 is 25.4. The van der Waals surface area contributed by atoms with Crippen LogP contribution in [0.2, 0.25) is 0 Å². The second kappa shape index (κ2) is 7.57. The number of carbonyl (C=O) groups is 1. The molecule has 6 heteroatoms. The Morgan fingerprint density at radius 1 is 1.29 bits per heavy atom. The average Bonchev–Trinajstić information content (AvgIpc) is 3.17. The molecule has 0 saturated carbocycles. The van der Waals surface area contributed by atoms with Crippen LogP contribution < -0.4 is 0 Å². The summed E-state index contributed by atoms with van der Waals surface area (Å²) in [5.41, 5.74) is 3.85. The second-order valence-corrected chi connectivity index (χ2v) is 5.83. The Morgan fingerprint density at radius 2 is 2.08 bits per heavy atom. The van der Waals surface area contributed by atoms with E-state index in [-0.39, 0.29) is 25.0 Å². The van der Waals surface area contributed by atoms with Crippen LogP contribution in [0.1, 0.15) is 36.7 Å². The highest BCUT2D eigenvalue weighted by atomic mass is 19.1. The highest BCUT2D eigenvalue weighted by Crippen LogP contribution is 2.28. The first-order chi connectivity index (χ1) is 11.7. The predicted molar refractivity (Wildman–Crippen MR) is 86.5 cm³/mol. The van der Waals surface area contributed by atoms with Crippen molar-refractivity contribution in [2.45, 2.75) is 39.2 Å². The number of hydrogen-bond donors (Lipinski definition) is 0. The molecule has 1 aliphatic carbocycles. The van der Waals surface area contributed by atoms with Crippen LogP contribution >= 0.6 is 0 Å². The SMILES string of the molecule is CCCOCC(=O)OCc1nn(-c2ccc(F)cc2)c2c1CCC2. The quantitative estimate of drug-likeness (QED) is 0.578. The van der Waals surface area contributed by atoms with E-state index in [0.29, 0.717) is 6.61 Å². The Labute approximate surface area is 140 Å². The molecule has 0 atom stereocenters. The molecule has 24 heavy (non-hydrogen) atoms. The molecule has 1 heterocycles. The van der Waals surface area contributed by atoms with Crippen molar-refractivity contribution in [2.75, 3.05) is 13.2 Å². The number of ether oxygens (including phenoxy) is 2. The van der Waals surface area contributed by atoms with Gasteiger partial charge in [-0.1, -0.05) is 6.92 Å². The fourth-order valence-corrected chi connectivity index (χ4v) is 2.92. The maximum Gasteiger partial charge on any atom is 0.332 e. The minimum absolute atomic E-state index is 0.0330. The van der Waals surface area contributed by atoms with Gasteiger partial charge in [0.05, 0.1) is 5.69 Å². The number of carbonyl (C=O) groups excluding carboxylic acids is 1. The Kier molecular flexibility index (Phi) is 5.25. The number of halogens is 1. The van der Waals surface area contributed by atoms with E-state index < -0.39 is 0 Å². The van der Waals surface area contributed by atoms with E-state index in [0.717, 1.165) is 48.3 Å². The van der Waals surface area contributed by atoms with Crippen LogP contribution in [0.5, 0.6) is 0 Å². The highest BCUT2D eigenvalue weighted by molar-refractivity contribution is 5.70. The molecule has 0 fully saturated rings. The van der Waals surface area contributed by atoms with Gasteiger partial charge >= 0.3 is 5.97 Å². The molecule has 0 N–H and O–H groups in total. The number of esters is 1. The van der Waals surface area contributed by atoms with Gasteiger partial charge in [-0.05, 0) is 49.9 Å². The van der Waals surface area contributed by atoms with E-state index in [4.69, 9.17) is 9.47 Å². The number of fused-ring (bicyclic) bond motifs is 1. The molecular weight excluding hydrogens is 311 g/mol. The number of hydrogen-bond acceptors (Lipinski definition) is 4. The molecule has 128 valence electrons. The smallest absolute Gasteiger partial charge is 0.332 e. The largest absolute Gasteiger partial charge is 0.457 e. The van der Waals surface area contributed by atoms with Crippen LogP contribution in [0.15, 0.2) is 24.3 Å². The molecular formula is C18H21FN2O3. The van der Waals surface area contributed by atoms with Gasteiger partial charge in [-0.3, -0.25) is 0 Å². The molecule has 2 aromatic rings. The first-order valence-electron chi connectivity index (χ1n) is 8.28. The maximum absolute atomic E-state index is 13.1. The minimum Gasteiger partial charge on any atom is -0.457 e. The molecule has 0 unspecified atom stereocenters. The first kappa shape index (κ1) is 16.6. The third-order valence-corrected chi connectivity index (χ3v) is 4.02. The van der Waals surface area contributed by atoms with Crippen LogP contribution in [0, 0.1) is 5.82 Å². The zero-order valence-electron chi connectivity index (χ0n) is 13.8. The molecule has 3 rings (SSSR count). The number of rotatable bonds is 7. The standard InChI is InChI=1S/C18H21FN2O3/c1-2-10-23-12-18(22)24-11-16-15-4-3-5-17(15)21(20-16)14-8-6-13(19)7-9-14/h6-9H,2-5,10-12H2,1H3. The zero-order chi connectivity index (χ0) is 16.9. The van der Waals surface area contributed by atoms with Gasteiger partial charge in [0.1, 0.15) is 24.7 Å². The van der Waals surface area contributed by atoms with Crippen LogP contribution in [0.3, 0.4) is 0 Å². The molecule has 1 aromatic carbocycles. The number of nitrogens with zero attached hydrogens (tertiary/aromatic N) is 2. The van der Waals surface area contributed by atoms with Crippen molar-refractivity contribution in [3.63, 3.8) is 0 Å². The van der Waals surface area contributed by atoms with Gasteiger partial charge in [-0.15, -0.1) is 0 Å². The minimum atomic E-state index is -0.383. The molecule has 1 aliphatic rings. The zero-order valence-corrected chi connectivity index (χ0v) is 13.8. The van der Waals surface area contributed by atoms with E-state index in [1.54, 1.807) is 12.1 Å². The normalized spacial score (nSPS) is 13.1. The lowest BCUT2D eigenvalue weighted by molar-refractivity contribution is -0.150. The Balaban J connectivity index is 1.72. The predicted octanol–water partition coefficient (Wildman–Crippen LogP) is 2.97. The Hall–Kier alpha value is -2.21. The molecule has 0 amide bonds. The lowest BCUT2D eigenvalue weighted by Gasteiger charge is -2.06. The van der Waals surface area contributed by atoms with E-state index in [1.807, 2.05) is 11.6 Å². The van der Waals surface area contributed by atoms with E-state index in [2.05, 4.69) is 5.10 Å². The van der Waals surface area contributed by atoms with Crippen LogP contribution in [0.4, 0.5) is 4.39 Å².